The predicted octanol–water partition coefficient (Wildman–Crippen LogP) is 2.51. The maximum Gasteiger partial charge on any atom is 0.336 e. The zero-order valence-electron chi connectivity index (χ0n) is 18.5. The summed E-state index contributed by atoms with van der Waals surface area (Å²) in [7, 11) is 3.78. The number of nitro benzene ring substituents is 2. The van der Waals surface area contributed by atoms with Crippen molar-refractivity contribution in [2.45, 2.75) is 12.2 Å². The lowest BCUT2D eigenvalue weighted by molar-refractivity contribution is -0.386. The molecular formula is C21H18N2O12. The first kappa shape index (κ1) is 23.6. The maximum absolute atomic E-state index is 11.9. The van der Waals surface area contributed by atoms with Gasteiger partial charge in [0.15, 0.2) is 29.3 Å². The largest absolute Gasteiger partial charge is 0.493 e. The van der Waals surface area contributed by atoms with E-state index in [9.17, 15) is 30.1 Å². The summed E-state index contributed by atoms with van der Waals surface area (Å²) in [6, 6.07) is 4.55. The highest BCUT2D eigenvalue weighted by atomic mass is 16.6. The minimum Gasteiger partial charge on any atom is -0.493 e. The van der Waals surface area contributed by atoms with Gasteiger partial charge >= 0.3 is 11.3 Å². The number of nitrogens with zero attached hydrogens (tertiary/aromatic N) is 2. The quantitative estimate of drug-likeness (QED) is 0.290. The van der Waals surface area contributed by atoms with Crippen LogP contribution in [0.2, 0.25) is 0 Å². The van der Waals surface area contributed by atoms with E-state index in [0.717, 1.165) is 19.2 Å². The number of benzene rings is 2. The zero-order chi connectivity index (χ0) is 25.4. The molecule has 0 radical (unpaired) electrons. The molecule has 0 bridgehead atoms. The molecule has 0 aliphatic carbocycles. The third-order valence-electron chi connectivity index (χ3n) is 5.38. The van der Waals surface area contributed by atoms with Crippen LogP contribution >= 0.6 is 0 Å². The lowest BCUT2D eigenvalue weighted by Gasteiger charge is -2.33. The highest BCUT2D eigenvalue weighted by Crippen LogP contribution is 2.55. The molecule has 0 saturated heterocycles. The van der Waals surface area contributed by atoms with Crippen molar-refractivity contribution < 1.29 is 43.1 Å². The van der Waals surface area contributed by atoms with Crippen molar-refractivity contribution in [1.29, 1.82) is 0 Å². The van der Waals surface area contributed by atoms with Gasteiger partial charge in [-0.05, 0) is 12.1 Å². The third-order valence-corrected chi connectivity index (χ3v) is 5.38. The number of methoxy groups -OCH3 is 3. The summed E-state index contributed by atoms with van der Waals surface area (Å²) >= 11 is 0. The smallest absolute Gasteiger partial charge is 0.336 e. The van der Waals surface area contributed by atoms with Gasteiger partial charge in [-0.15, -0.1) is 0 Å². The molecule has 0 unspecified atom stereocenters. The Morgan fingerprint density at radius 2 is 1.66 bits per heavy atom. The van der Waals surface area contributed by atoms with Gasteiger partial charge < -0.3 is 33.2 Å². The fourth-order valence-corrected chi connectivity index (χ4v) is 3.88. The Balaban J connectivity index is 2.02. The van der Waals surface area contributed by atoms with Crippen molar-refractivity contribution in [3.8, 4) is 28.7 Å². The average Bonchev–Trinajstić information content (AvgIpc) is 2.85. The molecule has 14 heteroatoms. The molecule has 35 heavy (non-hydrogen) atoms. The molecule has 1 aliphatic heterocycles. The molecule has 184 valence electrons. The van der Waals surface area contributed by atoms with Crippen LogP contribution in [0.25, 0.3) is 11.0 Å². The summed E-state index contributed by atoms with van der Waals surface area (Å²) in [5.74, 6) is -0.738. The van der Waals surface area contributed by atoms with Gasteiger partial charge in [0.1, 0.15) is 5.39 Å². The Hall–Kier alpha value is -4.59. The number of nitro groups is 2. The van der Waals surface area contributed by atoms with Crippen molar-refractivity contribution in [2.24, 2.45) is 0 Å². The van der Waals surface area contributed by atoms with Gasteiger partial charge in [-0.1, -0.05) is 0 Å². The topological polar surface area (TPSA) is 183 Å². The van der Waals surface area contributed by atoms with Gasteiger partial charge in [0.25, 0.3) is 5.69 Å². The van der Waals surface area contributed by atoms with Gasteiger partial charge in [0, 0.05) is 6.07 Å². The van der Waals surface area contributed by atoms with E-state index in [4.69, 9.17) is 28.1 Å². The van der Waals surface area contributed by atoms with E-state index < -0.39 is 45.7 Å². The summed E-state index contributed by atoms with van der Waals surface area (Å²) in [4.78, 5) is 34.2. The van der Waals surface area contributed by atoms with Crippen LogP contribution in [0.4, 0.5) is 11.4 Å². The lowest BCUT2D eigenvalue weighted by atomic mass is 9.99. The van der Waals surface area contributed by atoms with Crippen LogP contribution in [0.3, 0.4) is 0 Å². The fourth-order valence-electron chi connectivity index (χ4n) is 3.88. The Morgan fingerprint density at radius 3 is 2.23 bits per heavy atom. The molecule has 2 heterocycles. The first-order valence-electron chi connectivity index (χ1n) is 9.92. The standard InChI is InChI=1S/C21H18N2O12/c1-30-12-6-10(11(22(26)27)7-13(12)31-2)17-14(8-24)33-20-18-9(4-5-15(25)34-18)16(23(28)29)19(32-3)21(20)35-17/h4-7,14,17,24H,8H2,1-3H3/t14-,17-/m1/s1. The molecule has 0 saturated carbocycles. The Bertz CT molecular complexity index is 1400. The summed E-state index contributed by atoms with van der Waals surface area (Å²) in [6.45, 7) is -0.687. The Morgan fingerprint density at radius 1 is 0.971 bits per heavy atom. The number of fused-ring (bicyclic) bond motifs is 3. The fraction of sp³-hybridized carbons (Fsp3) is 0.286. The van der Waals surface area contributed by atoms with E-state index in [1.807, 2.05) is 0 Å². The molecule has 2 aromatic carbocycles. The van der Waals surface area contributed by atoms with Gasteiger partial charge in [0.05, 0.1) is 49.4 Å². The highest BCUT2D eigenvalue weighted by Gasteiger charge is 2.43. The summed E-state index contributed by atoms with van der Waals surface area (Å²) in [5, 5.41) is 33.7. The first-order chi connectivity index (χ1) is 16.7. The Kier molecular flexibility index (Phi) is 6.05. The first-order valence-corrected chi connectivity index (χ1v) is 9.92. The van der Waals surface area contributed by atoms with Crippen LogP contribution in [0, 0.1) is 20.2 Å². The van der Waals surface area contributed by atoms with Crippen molar-refractivity contribution >= 4 is 22.3 Å². The molecule has 1 aromatic heterocycles. The van der Waals surface area contributed by atoms with E-state index >= 15 is 0 Å². The predicted molar refractivity (Wildman–Crippen MR) is 117 cm³/mol. The SMILES string of the molecule is COc1cc([C@H]2Oc3c(OC)c([N+](=O)[O-])c4ccc(=O)oc4c3O[C@@H]2CO)c([N+](=O)[O-])cc1OC. The Labute approximate surface area is 195 Å². The molecule has 0 amide bonds. The summed E-state index contributed by atoms with van der Waals surface area (Å²) < 4.78 is 32.6. The van der Waals surface area contributed by atoms with Crippen LogP contribution < -0.4 is 29.3 Å². The van der Waals surface area contributed by atoms with E-state index in [2.05, 4.69) is 0 Å². The van der Waals surface area contributed by atoms with Crippen LogP contribution in [-0.4, -0.2) is 49.0 Å². The van der Waals surface area contributed by atoms with E-state index in [1.54, 1.807) is 0 Å². The number of hydrogen-bond donors (Lipinski definition) is 1. The molecule has 0 fully saturated rings. The van der Waals surface area contributed by atoms with Crippen LogP contribution in [0.15, 0.2) is 33.5 Å². The molecule has 1 N–H and O–H groups in total. The molecular weight excluding hydrogens is 472 g/mol. The highest BCUT2D eigenvalue weighted by molar-refractivity contribution is 5.97. The molecule has 2 atom stereocenters. The van der Waals surface area contributed by atoms with Crippen molar-refractivity contribution in [3.05, 3.63) is 60.5 Å². The monoisotopic (exact) mass is 490 g/mol. The van der Waals surface area contributed by atoms with Gasteiger partial charge in [-0.3, -0.25) is 20.2 Å². The minimum atomic E-state index is -1.35. The summed E-state index contributed by atoms with van der Waals surface area (Å²) in [5.41, 5.74) is -2.22. The molecule has 0 spiro atoms. The van der Waals surface area contributed by atoms with E-state index in [-0.39, 0.29) is 45.3 Å². The van der Waals surface area contributed by atoms with Crippen molar-refractivity contribution in [2.75, 3.05) is 27.9 Å². The molecule has 3 aromatic rings. The second-order valence-corrected chi connectivity index (χ2v) is 7.19. The second-order valence-electron chi connectivity index (χ2n) is 7.19. The van der Waals surface area contributed by atoms with E-state index in [1.165, 1.54) is 26.4 Å². The third kappa shape index (κ3) is 3.78. The number of ether oxygens (including phenoxy) is 5. The molecule has 14 nitrogen and oxygen atoms in total. The maximum atomic E-state index is 11.9. The molecule has 1 aliphatic rings. The van der Waals surface area contributed by atoms with Gasteiger partial charge in [0.2, 0.25) is 17.2 Å². The normalized spacial score (nSPS) is 16.6. The van der Waals surface area contributed by atoms with Crippen LogP contribution in [-0.2, 0) is 0 Å². The van der Waals surface area contributed by atoms with Crippen LogP contribution in [0.5, 0.6) is 28.7 Å². The van der Waals surface area contributed by atoms with Crippen LogP contribution in [0.1, 0.15) is 11.7 Å². The summed E-state index contributed by atoms with van der Waals surface area (Å²) in [6.07, 6.45) is -2.60. The number of aliphatic hydroxyl groups excluding tert-OH is 1. The number of rotatable bonds is 7. The minimum absolute atomic E-state index is 0.0709. The van der Waals surface area contributed by atoms with E-state index in [0.29, 0.717) is 0 Å². The van der Waals surface area contributed by atoms with Crippen molar-refractivity contribution in [3.63, 3.8) is 0 Å². The molecule has 4 rings (SSSR count). The zero-order valence-corrected chi connectivity index (χ0v) is 18.5. The van der Waals surface area contributed by atoms with Crippen molar-refractivity contribution in [1.82, 2.24) is 0 Å². The number of hydrogen-bond acceptors (Lipinski definition) is 12. The average molecular weight is 490 g/mol. The number of aliphatic hydroxyl groups is 1. The van der Waals surface area contributed by atoms with Gasteiger partial charge in [-0.25, -0.2) is 4.79 Å². The second kappa shape index (κ2) is 8.98. The lowest BCUT2D eigenvalue weighted by Crippen LogP contribution is -2.36. The van der Waals surface area contributed by atoms with Gasteiger partial charge in [-0.2, -0.15) is 0 Å².